The van der Waals surface area contributed by atoms with Gasteiger partial charge < -0.3 is 4.90 Å². The van der Waals surface area contributed by atoms with Crippen molar-refractivity contribution in [1.82, 2.24) is 0 Å². The Hall–Kier alpha value is -8.52. The van der Waals surface area contributed by atoms with Crippen molar-refractivity contribution < 1.29 is 0 Å². The first-order valence-corrected chi connectivity index (χ1v) is 22.8. The second kappa shape index (κ2) is 16.6. The molecule has 0 spiro atoms. The van der Waals surface area contributed by atoms with Gasteiger partial charge >= 0.3 is 0 Å². The van der Waals surface area contributed by atoms with Crippen LogP contribution in [0.15, 0.2) is 273 Å². The minimum absolute atomic E-state index is 0.542. The summed E-state index contributed by atoms with van der Waals surface area (Å²) in [5, 5.41) is 2.50. The number of hydrogen-bond donors (Lipinski definition) is 0. The number of fused-ring (bicyclic) bond motifs is 4. The largest absolute Gasteiger partial charge is 0.309 e. The van der Waals surface area contributed by atoms with E-state index in [1.807, 2.05) is 0 Å². The van der Waals surface area contributed by atoms with E-state index in [9.17, 15) is 0 Å². The maximum atomic E-state index is 2.52. The minimum atomic E-state index is -0.542. The Balaban J connectivity index is 1.12. The summed E-state index contributed by atoms with van der Waals surface area (Å²) in [5.74, 6) is 0. The predicted octanol–water partition coefficient (Wildman–Crippen LogP) is 17.3. The van der Waals surface area contributed by atoms with Gasteiger partial charge in [-0.05, 0) is 108 Å². The van der Waals surface area contributed by atoms with E-state index in [4.69, 9.17) is 0 Å². The average molecular weight is 840 g/mol. The van der Waals surface area contributed by atoms with Gasteiger partial charge in [-0.25, -0.2) is 0 Å². The van der Waals surface area contributed by atoms with Gasteiger partial charge in [0.1, 0.15) is 0 Å². The normalized spacial score (nSPS) is 12.4. The Morgan fingerprint density at radius 1 is 0.273 bits per heavy atom. The highest BCUT2D eigenvalue weighted by molar-refractivity contribution is 6.02. The first-order valence-electron chi connectivity index (χ1n) is 22.8. The molecule has 1 nitrogen and oxygen atoms in total. The molecule has 0 aromatic heterocycles. The molecule has 11 aromatic carbocycles. The second-order valence-corrected chi connectivity index (χ2v) is 17.1. The zero-order valence-corrected chi connectivity index (χ0v) is 36.4. The van der Waals surface area contributed by atoms with Crippen molar-refractivity contribution in [1.29, 1.82) is 0 Å². The summed E-state index contributed by atoms with van der Waals surface area (Å²) in [6.45, 7) is 0. The number of para-hydroxylation sites is 1. The van der Waals surface area contributed by atoms with E-state index < -0.39 is 5.41 Å². The molecule has 0 heterocycles. The maximum absolute atomic E-state index is 2.52. The zero-order chi connectivity index (χ0) is 43.9. The van der Waals surface area contributed by atoms with E-state index in [2.05, 4.69) is 278 Å². The molecule has 0 radical (unpaired) electrons. The molecule has 66 heavy (non-hydrogen) atoms. The van der Waals surface area contributed by atoms with Crippen LogP contribution >= 0.6 is 0 Å². The summed E-state index contributed by atoms with van der Waals surface area (Å²) in [5.41, 5.74) is 19.7. The lowest BCUT2D eigenvalue weighted by Gasteiger charge is -2.34. The summed E-state index contributed by atoms with van der Waals surface area (Å²) in [7, 11) is 0. The first kappa shape index (κ1) is 39.1. The van der Waals surface area contributed by atoms with Crippen LogP contribution in [-0.2, 0) is 5.41 Å². The molecule has 0 aliphatic heterocycles. The van der Waals surface area contributed by atoms with Gasteiger partial charge in [0.05, 0.1) is 16.8 Å². The lowest BCUT2D eigenvalue weighted by molar-refractivity contribution is 0.768. The van der Waals surface area contributed by atoms with Crippen molar-refractivity contribution in [2.45, 2.75) is 5.41 Å². The number of nitrogens with zero attached hydrogens (tertiary/aromatic N) is 1. The minimum Gasteiger partial charge on any atom is -0.309 e. The van der Waals surface area contributed by atoms with Crippen molar-refractivity contribution in [3.05, 3.63) is 295 Å². The third kappa shape index (κ3) is 6.47. The number of hydrogen-bond acceptors (Lipinski definition) is 1. The molecule has 0 atom stereocenters. The Kier molecular flexibility index (Phi) is 9.81. The fourth-order valence-corrected chi connectivity index (χ4v) is 10.7. The molecule has 1 aliphatic rings. The SMILES string of the molecule is c1ccc(-c2ccccc2-c2ccccc2N(c2cccc(-c3cccc(-c4cccc5ccccc45)c3)c2)c2cccc3c2-c2ccccc2C3(c2ccccc2)c2ccccc2)cc1. The topological polar surface area (TPSA) is 3.24 Å². The lowest BCUT2D eigenvalue weighted by atomic mass is 9.68. The van der Waals surface area contributed by atoms with Gasteiger partial charge in [0, 0.05) is 16.8 Å². The van der Waals surface area contributed by atoms with E-state index in [0.29, 0.717) is 0 Å². The van der Waals surface area contributed by atoms with Gasteiger partial charge in [0.2, 0.25) is 0 Å². The predicted molar refractivity (Wildman–Crippen MR) is 278 cm³/mol. The lowest BCUT2D eigenvalue weighted by Crippen LogP contribution is -2.28. The molecule has 0 unspecified atom stereocenters. The summed E-state index contributed by atoms with van der Waals surface area (Å²) >= 11 is 0. The van der Waals surface area contributed by atoms with Crippen LogP contribution in [0.5, 0.6) is 0 Å². The van der Waals surface area contributed by atoms with Crippen molar-refractivity contribution >= 4 is 27.8 Å². The van der Waals surface area contributed by atoms with Crippen molar-refractivity contribution in [3.63, 3.8) is 0 Å². The molecule has 0 saturated heterocycles. The second-order valence-electron chi connectivity index (χ2n) is 17.1. The molecule has 0 N–H and O–H groups in total. The molecule has 11 aromatic rings. The molecular formula is C65H45N. The number of anilines is 3. The zero-order valence-electron chi connectivity index (χ0n) is 36.4. The van der Waals surface area contributed by atoms with Crippen LogP contribution in [0.3, 0.4) is 0 Å². The number of benzene rings is 11. The first-order chi connectivity index (χ1) is 32.8. The van der Waals surface area contributed by atoms with Crippen molar-refractivity contribution in [2.24, 2.45) is 0 Å². The molecule has 1 heteroatoms. The highest BCUT2D eigenvalue weighted by atomic mass is 15.1. The Bertz CT molecular complexity index is 3490. The molecule has 0 saturated carbocycles. The van der Waals surface area contributed by atoms with Crippen LogP contribution in [0, 0.1) is 0 Å². The fourth-order valence-electron chi connectivity index (χ4n) is 10.7. The van der Waals surface area contributed by atoms with E-state index >= 15 is 0 Å². The third-order valence-corrected chi connectivity index (χ3v) is 13.5. The van der Waals surface area contributed by atoms with Crippen molar-refractivity contribution in [2.75, 3.05) is 4.90 Å². The molecule has 1 aliphatic carbocycles. The van der Waals surface area contributed by atoms with Gasteiger partial charge in [-0.2, -0.15) is 0 Å². The molecule has 0 bridgehead atoms. The standard InChI is InChI=1S/C65H45N/c1-4-22-46(23-5-1)55-35-12-13-36-57(55)58-37-15-17-42-62(58)66(53-33-19-27-49(45-53)48-26-18-28-50(44-48)56-39-20-25-47-24-10-11-34-54(47)56)63-43-21-41-61-64(63)59-38-14-16-40-60(59)65(61,51-29-6-2-7-30-51)52-31-8-3-9-32-52/h1-45H. The van der Waals surface area contributed by atoms with E-state index in [-0.39, 0.29) is 0 Å². The highest BCUT2D eigenvalue weighted by Gasteiger charge is 2.47. The van der Waals surface area contributed by atoms with Gasteiger partial charge in [-0.15, -0.1) is 0 Å². The monoisotopic (exact) mass is 839 g/mol. The van der Waals surface area contributed by atoms with Gasteiger partial charge in [0.15, 0.2) is 0 Å². The summed E-state index contributed by atoms with van der Waals surface area (Å²) in [6, 6.07) is 100. The number of rotatable bonds is 9. The summed E-state index contributed by atoms with van der Waals surface area (Å²) in [6.07, 6.45) is 0. The molecule has 0 amide bonds. The smallest absolute Gasteiger partial charge is 0.0714 e. The van der Waals surface area contributed by atoms with Crippen LogP contribution in [0.2, 0.25) is 0 Å². The van der Waals surface area contributed by atoms with Crippen LogP contribution in [-0.4, -0.2) is 0 Å². The van der Waals surface area contributed by atoms with Crippen LogP contribution in [0.4, 0.5) is 17.1 Å². The summed E-state index contributed by atoms with van der Waals surface area (Å²) in [4.78, 5) is 2.52. The van der Waals surface area contributed by atoms with E-state index in [1.54, 1.807) is 0 Å². The quantitative estimate of drug-likeness (QED) is 0.140. The fraction of sp³-hybridized carbons (Fsp3) is 0.0154. The summed E-state index contributed by atoms with van der Waals surface area (Å²) < 4.78 is 0. The third-order valence-electron chi connectivity index (χ3n) is 13.5. The van der Waals surface area contributed by atoms with Crippen molar-refractivity contribution in [3.8, 4) is 55.6 Å². The van der Waals surface area contributed by atoms with Crippen LogP contribution < -0.4 is 4.90 Å². The maximum Gasteiger partial charge on any atom is 0.0714 e. The van der Waals surface area contributed by atoms with Gasteiger partial charge in [-0.1, -0.05) is 243 Å². The van der Waals surface area contributed by atoms with Crippen LogP contribution in [0.1, 0.15) is 22.3 Å². The van der Waals surface area contributed by atoms with Gasteiger partial charge in [-0.3, -0.25) is 0 Å². The Morgan fingerprint density at radius 2 is 0.758 bits per heavy atom. The molecule has 0 fully saturated rings. The Morgan fingerprint density at radius 3 is 1.53 bits per heavy atom. The van der Waals surface area contributed by atoms with Gasteiger partial charge in [0.25, 0.3) is 0 Å². The highest BCUT2D eigenvalue weighted by Crippen LogP contribution is 2.60. The van der Waals surface area contributed by atoms with E-state index in [0.717, 1.165) is 28.2 Å². The molecule has 310 valence electrons. The average Bonchev–Trinajstić information content (AvgIpc) is 3.71. The molecule has 12 rings (SSSR count). The van der Waals surface area contributed by atoms with Crippen LogP contribution in [0.25, 0.3) is 66.4 Å². The molecular weight excluding hydrogens is 795 g/mol. The Labute approximate surface area is 387 Å². The van der Waals surface area contributed by atoms with E-state index in [1.165, 1.54) is 77.5 Å².